The Morgan fingerprint density at radius 1 is 1.16 bits per heavy atom. The number of aromatic nitrogens is 3. The zero-order chi connectivity index (χ0) is 22.0. The van der Waals surface area contributed by atoms with Crippen LogP contribution in [-0.4, -0.2) is 38.7 Å². The molecule has 31 heavy (non-hydrogen) atoms. The van der Waals surface area contributed by atoms with Gasteiger partial charge in [-0.3, -0.25) is 9.59 Å². The summed E-state index contributed by atoms with van der Waals surface area (Å²) in [6.07, 6.45) is 2.24. The van der Waals surface area contributed by atoms with Crippen LogP contribution in [0.4, 0.5) is 13.2 Å². The van der Waals surface area contributed by atoms with Crippen LogP contribution in [0.15, 0.2) is 55.0 Å². The van der Waals surface area contributed by atoms with Crippen LogP contribution in [0, 0.1) is 0 Å². The second-order valence-electron chi connectivity index (χ2n) is 7.24. The third-order valence-corrected chi connectivity index (χ3v) is 5.10. The standard InChI is InChI=1S/C21H20F3N5O2/c22-21(23,24)14-6-5-7-15(12-14)29-20(28-10-3-4-11-28)16(13-26-29)18(30)27-17-8-1-2-9-25-19(17)31/h3-7,10-13,17H,1-2,8-9H2,(H,25,31)(H,27,30). The largest absolute Gasteiger partial charge is 0.416 e. The Balaban J connectivity index is 1.73. The SMILES string of the molecule is O=C(NC1CCCCNC1=O)c1cnn(-c2cccc(C(F)(F)F)c2)c1-n1cccc1. The maximum atomic E-state index is 13.2. The molecule has 1 unspecified atom stereocenters. The van der Waals surface area contributed by atoms with Gasteiger partial charge in [-0.1, -0.05) is 6.07 Å². The summed E-state index contributed by atoms with van der Waals surface area (Å²) in [4.78, 5) is 25.2. The molecule has 1 saturated heterocycles. The van der Waals surface area contributed by atoms with E-state index in [1.807, 2.05) is 0 Å². The number of amides is 2. The molecule has 1 aliphatic rings. The van der Waals surface area contributed by atoms with Crippen LogP contribution >= 0.6 is 0 Å². The van der Waals surface area contributed by atoms with E-state index >= 15 is 0 Å². The molecule has 2 N–H and O–H groups in total. The lowest BCUT2D eigenvalue weighted by molar-refractivity contribution is -0.137. The van der Waals surface area contributed by atoms with Gasteiger partial charge in [-0.15, -0.1) is 0 Å². The summed E-state index contributed by atoms with van der Waals surface area (Å²) in [5, 5.41) is 9.67. The first kappa shape index (κ1) is 20.7. The molecule has 4 rings (SSSR count). The van der Waals surface area contributed by atoms with Crippen molar-refractivity contribution in [3.63, 3.8) is 0 Å². The summed E-state index contributed by atoms with van der Waals surface area (Å²) in [5.74, 6) is -0.501. The van der Waals surface area contributed by atoms with E-state index < -0.39 is 23.7 Å². The fourth-order valence-electron chi connectivity index (χ4n) is 3.54. The number of nitrogens with zero attached hydrogens (tertiary/aromatic N) is 3. The molecule has 10 heteroatoms. The Bertz CT molecular complexity index is 1090. The fraction of sp³-hybridized carbons (Fsp3) is 0.286. The minimum atomic E-state index is -4.51. The van der Waals surface area contributed by atoms with Gasteiger partial charge in [-0.25, -0.2) is 4.68 Å². The van der Waals surface area contributed by atoms with Crippen molar-refractivity contribution in [2.24, 2.45) is 0 Å². The van der Waals surface area contributed by atoms with Crippen LogP contribution in [0.1, 0.15) is 35.2 Å². The lowest BCUT2D eigenvalue weighted by atomic mass is 10.1. The van der Waals surface area contributed by atoms with Crippen molar-refractivity contribution in [3.05, 3.63) is 66.1 Å². The number of carbonyl (C=O) groups is 2. The Morgan fingerprint density at radius 2 is 1.94 bits per heavy atom. The molecule has 3 heterocycles. The molecule has 2 aromatic heterocycles. The summed E-state index contributed by atoms with van der Waals surface area (Å²) < 4.78 is 42.4. The highest BCUT2D eigenvalue weighted by Crippen LogP contribution is 2.31. The van der Waals surface area contributed by atoms with Gasteiger partial charge in [0.1, 0.15) is 11.6 Å². The third kappa shape index (κ3) is 4.32. The zero-order valence-electron chi connectivity index (χ0n) is 16.4. The highest BCUT2D eigenvalue weighted by Gasteiger charge is 2.31. The number of alkyl halides is 3. The van der Waals surface area contributed by atoms with E-state index in [2.05, 4.69) is 15.7 Å². The van der Waals surface area contributed by atoms with Gasteiger partial charge < -0.3 is 15.2 Å². The van der Waals surface area contributed by atoms with Gasteiger partial charge in [0, 0.05) is 18.9 Å². The third-order valence-electron chi connectivity index (χ3n) is 5.10. The van der Waals surface area contributed by atoms with Crippen molar-refractivity contribution in [1.82, 2.24) is 25.0 Å². The number of carbonyl (C=O) groups excluding carboxylic acids is 2. The molecule has 0 aliphatic carbocycles. The first-order chi connectivity index (χ1) is 14.8. The van der Waals surface area contributed by atoms with Crippen molar-refractivity contribution in [1.29, 1.82) is 0 Å². The molecule has 7 nitrogen and oxygen atoms in total. The normalized spacial score (nSPS) is 17.1. The Hall–Kier alpha value is -3.56. The van der Waals surface area contributed by atoms with Crippen LogP contribution in [0.2, 0.25) is 0 Å². The molecule has 1 atom stereocenters. The number of nitrogens with one attached hydrogen (secondary N) is 2. The van der Waals surface area contributed by atoms with E-state index in [1.54, 1.807) is 29.1 Å². The molecule has 3 aromatic rings. The summed E-state index contributed by atoms with van der Waals surface area (Å²) >= 11 is 0. The molecule has 1 aliphatic heterocycles. The Morgan fingerprint density at radius 3 is 2.68 bits per heavy atom. The summed E-state index contributed by atoms with van der Waals surface area (Å²) in [6.45, 7) is 0.563. The maximum absolute atomic E-state index is 13.2. The summed E-state index contributed by atoms with van der Waals surface area (Å²) in [7, 11) is 0. The van der Waals surface area contributed by atoms with Crippen LogP contribution in [0.3, 0.4) is 0 Å². The number of benzene rings is 1. The first-order valence-electron chi connectivity index (χ1n) is 9.82. The van der Waals surface area contributed by atoms with E-state index in [-0.39, 0.29) is 23.0 Å². The van der Waals surface area contributed by atoms with Gasteiger partial charge >= 0.3 is 6.18 Å². The highest BCUT2D eigenvalue weighted by atomic mass is 19.4. The van der Waals surface area contributed by atoms with E-state index in [1.165, 1.54) is 23.0 Å². The second-order valence-corrected chi connectivity index (χ2v) is 7.24. The predicted octanol–water partition coefficient (Wildman–Crippen LogP) is 3.08. The maximum Gasteiger partial charge on any atom is 0.416 e. The molecule has 162 valence electrons. The zero-order valence-corrected chi connectivity index (χ0v) is 16.4. The van der Waals surface area contributed by atoms with Crippen molar-refractivity contribution < 1.29 is 22.8 Å². The molecule has 0 radical (unpaired) electrons. The van der Waals surface area contributed by atoms with Gasteiger partial charge in [-0.05, 0) is 49.6 Å². The fourth-order valence-corrected chi connectivity index (χ4v) is 3.54. The van der Waals surface area contributed by atoms with Gasteiger partial charge in [-0.2, -0.15) is 18.3 Å². The lowest BCUT2D eigenvalue weighted by Gasteiger charge is -2.16. The summed E-state index contributed by atoms with van der Waals surface area (Å²) in [6, 6.07) is 7.49. The summed E-state index contributed by atoms with van der Waals surface area (Å²) in [5.41, 5.74) is -0.518. The monoisotopic (exact) mass is 431 g/mol. The van der Waals surface area contributed by atoms with Crippen molar-refractivity contribution >= 4 is 11.8 Å². The average Bonchev–Trinajstić information content (AvgIpc) is 3.37. The first-order valence-corrected chi connectivity index (χ1v) is 9.82. The smallest absolute Gasteiger partial charge is 0.354 e. The molecular formula is C21H20F3N5O2. The van der Waals surface area contributed by atoms with E-state index in [4.69, 9.17) is 0 Å². The van der Waals surface area contributed by atoms with Crippen LogP contribution in [0.5, 0.6) is 0 Å². The number of halogens is 3. The van der Waals surface area contributed by atoms with E-state index in [0.717, 1.165) is 25.0 Å². The number of rotatable bonds is 4. The topological polar surface area (TPSA) is 81.0 Å². The number of hydrogen-bond donors (Lipinski definition) is 2. The molecule has 2 amide bonds. The Labute approximate surface area is 175 Å². The van der Waals surface area contributed by atoms with Crippen molar-refractivity contribution in [2.75, 3.05) is 6.54 Å². The minimum Gasteiger partial charge on any atom is -0.354 e. The average molecular weight is 431 g/mol. The van der Waals surface area contributed by atoms with E-state index in [9.17, 15) is 22.8 Å². The molecule has 1 aromatic carbocycles. The lowest BCUT2D eigenvalue weighted by Crippen LogP contribution is -2.45. The van der Waals surface area contributed by atoms with Crippen molar-refractivity contribution in [3.8, 4) is 11.5 Å². The quantitative estimate of drug-likeness (QED) is 0.666. The molecule has 0 spiro atoms. The van der Waals surface area contributed by atoms with Crippen molar-refractivity contribution in [2.45, 2.75) is 31.5 Å². The van der Waals surface area contributed by atoms with Crippen LogP contribution in [-0.2, 0) is 11.0 Å². The highest BCUT2D eigenvalue weighted by molar-refractivity contribution is 6.00. The van der Waals surface area contributed by atoms with Crippen LogP contribution in [0.25, 0.3) is 11.5 Å². The number of hydrogen-bond acceptors (Lipinski definition) is 3. The molecule has 0 bridgehead atoms. The second kappa shape index (κ2) is 8.29. The van der Waals surface area contributed by atoms with Gasteiger partial charge in [0.15, 0.2) is 5.82 Å². The predicted molar refractivity (Wildman–Crippen MR) is 106 cm³/mol. The molecule has 0 saturated carbocycles. The van der Waals surface area contributed by atoms with E-state index in [0.29, 0.717) is 13.0 Å². The van der Waals surface area contributed by atoms with Crippen LogP contribution < -0.4 is 10.6 Å². The molecule has 1 fully saturated rings. The van der Waals surface area contributed by atoms with Gasteiger partial charge in [0.05, 0.1) is 17.4 Å². The van der Waals surface area contributed by atoms with Gasteiger partial charge in [0.25, 0.3) is 5.91 Å². The Kier molecular flexibility index (Phi) is 5.53. The molecular weight excluding hydrogens is 411 g/mol. The minimum absolute atomic E-state index is 0.144. The van der Waals surface area contributed by atoms with Gasteiger partial charge in [0.2, 0.25) is 5.91 Å².